The van der Waals surface area contributed by atoms with Gasteiger partial charge in [-0.3, -0.25) is 25.1 Å². The van der Waals surface area contributed by atoms with E-state index in [0.29, 0.717) is 0 Å². The molecule has 3 aromatic rings. The molecule has 0 spiro atoms. The van der Waals surface area contributed by atoms with Gasteiger partial charge in [0.15, 0.2) is 11.8 Å². The fraction of sp³-hybridized carbons (Fsp3) is 0.0417. The molecule has 0 aromatic heterocycles. The lowest BCUT2D eigenvalue weighted by Crippen LogP contribution is -2.28. The Morgan fingerprint density at radius 3 is 2.03 bits per heavy atom. The average Bonchev–Trinajstić information content (AvgIpc) is 3.21. The van der Waals surface area contributed by atoms with E-state index in [9.17, 15) is 29.9 Å². The van der Waals surface area contributed by atoms with Crippen LogP contribution in [-0.4, -0.2) is 44.3 Å². The van der Waals surface area contributed by atoms with Crippen molar-refractivity contribution in [1.82, 2.24) is 10.9 Å². The van der Waals surface area contributed by atoms with Crippen molar-refractivity contribution in [1.29, 1.82) is 5.41 Å². The van der Waals surface area contributed by atoms with Gasteiger partial charge >= 0.3 is 0 Å². The molecule has 0 aliphatic carbocycles. The van der Waals surface area contributed by atoms with Crippen molar-refractivity contribution < 1.29 is 29.5 Å². The molecule has 0 radical (unpaired) electrons. The van der Waals surface area contributed by atoms with Crippen LogP contribution in [0.5, 0.6) is 11.5 Å². The zero-order valence-corrected chi connectivity index (χ0v) is 18.8. The number of non-ortho nitro benzene ring substituents is 1. The zero-order chi connectivity index (χ0) is 26.5. The number of carbonyl (C=O) groups excluding carboxylic acids is 2. The third-order valence-electron chi connectivity index (χ3n) is 5.17. The van der Waals surface area contributed by atoms with E-state index in [2.05, 4.69) is 21.1 Å². The molecule has 3 aromatic carbocycles. The molecule has 1 fully saturated rings. The summed E-state index contributed by atoms with van der Waals surface area (Å²) < 4.78 is 5.53. The van der Waals surface area contributed by atoms with E-state index in [1.807, 2.05) is 0 Å². The second-order valence-electron chi connectivity index (χ2n) is 7.55. The monoisotopic (exact) mass is 502 g/mol. The maximum atomic E-state index is 12.6. The van der Waals surface area contributed by atoms with Gasteiger partial charge in [-0.25, -0.2) is 10.9 Å². The van der Waals surface area contributed by atoms with E-state index < -0.39 is 28.7 Å². The fourth-order valence-electron chi connectivity index (χ4n) is 3.39. The summed E-state index contributed by atoms with van der Waals surface area (Å²) >= 11 is 0. The molecule has 4 rings (SSSR count). The number of phenols is 2. The number of benzene rings is 3. The van der Waals surface area contributed by atoms with E-state index in [1.165, 1.54) is 72.8 Å². The van der Waals surface area contributed by atoms with Crippen LogP contribution < -0.4 is 10.9 Å². The molecule has 1 atom stereocenters. The molecule has 1 saturated heterocycles. The number of aromatic hydroxyl groups is 2. The lowest BCUT2D eigenvalue weighted by Gasteiger charge is -2.11. The van der Waals surface area contributed by atoms with Crippen molar-refractivity contribution in [3.8, 4) is 11.5 Å². The topological polar surface area (TPSA) is 200 Å². The molecule has 186 valence electrons. The standard InChI is InChI=1S/C24H18N6O7/c25-22-20(27-29-24(34)16-9-2-4-11-18(16)32)19(26-28-23(33)15-8-1-3-10-17(15)31)21(37-22)13-6-5-7-14(12-13)30(35)36/h1-12,21,25,31-32H,(H,28,33)(H,29,34)/b25-22?,26-19+,27-20+/t21-/m1/s1. The predicted octanol–water partition coefficient (Wildman–Crippen LogP) is 2.63. The summed E-state index contributed by atoms with van der Waals surface area (Å²) in [6.45, 7) is 0. The highest BCUT2D eigenvalue weighted by molar-refractivity contribution is 6.69. The Balaban J connectivity index is 1.70. The van der Waals surface area contributed by atoms with E-state index in [1.54, 1.807) is 0 Å². The van der Waals surface area contributed by atoms with Gasteiger partial charge in [-0.1, -0.05) is 36.4 Å². The molecule has 2 amide bonds. The Labute approximate surface area is 208 Å². The van der Waals surface area contributed by atoms with Gasteiger partial charge in [-0.05, 0) is 24.3 Å². The van der Waals surface area contributed by atoms with Crippen molar-refractivity contribution in [3.05, 3.63) is 99.6 Å². The highest BCUT2D eigenvalue weighted by Crippen LogP contribution is 2.29. The Morgan fingerprint density at radius 2 is 1.46 bits per heavy atom. The third kappa shape index (κ3) is 5.24. The molecular formula is C24H18N6O7. The third-order valence-corrected chi connectivity index (χ3v) is 5.17. The molecule has 5 N–H and O–H groups in total. The first-order valence-corrected chi connectivity index (χ1v) is 10.6. The van der Waals surface area contributed by atoms with Gasteiger partial charge in [0.05, 0.1) is 16.1 Å². The Bertz CT molecular complexity index is 1480. The van der Waals surface area contributed by atoms with Gasteiger partial charge in [-0.2, -0.15) is 10.2 Å². The molecule has 0 bridgehead atoms. The molecule has 0 unspecified atom stereocenters. The minimum Gasteiger partial charge on any atom is -0.507 e. The van der Waals surface area contributed by atoms with Gasteiger partial charge < -0.3 is 14.9 Å². The van der Waals surface area contributed by atoms with E-state index in [0.717, 1.165) is 0 Å². The normalized spacial score (nSPS) is 16.9. The first-order chi connectivity index (χ1) is 17.8. The molecule has 1 heterocycles. The number of para-hydroxylation sites is 2. The van der Waals surface area contributed by atoms with Crippen molar-refractivity contribution in [2.45, 2.75) is 6.10 Å². The van der Waals surface area contributed by atoms with Crippen LogP contribution >= 0.6 is 0 Å². The van der Waals surface area contributed by atoms with Gasteiger partial charge in [0, 0.05) is 17.7 Å². The highest BCUT2D eigenvalue weighted by atomic mass is 16.6. The predicted molar refractivity (Wildman–Crippen MR) is 131 cm³/mol. The van der Waals surface area contributed by atoms with E-state index >= 15 is 0 Å². The number of ether oxygens (including phenoxy) is 1. The Kier molecular flexibility index (Phi) is 6.86. The molecule has 37 heavy (non-hydrogen) atoms. The fourth-order valence-corrected chi connectivity index (χ4v) is 3.39. The lowest BCUT2D eigenvalue weighted by atomic mass is 10.0. The number of amides is 2. The molecule has 1 aliphatic heterocycles. The van der Waals surface area contributed by atoms with Crippen LogP contribution in [0, 0.1) is 15.5 Å². The minimum absolute atomic E-state index is 0.0842. The van der Waals surface area contributed by atoms with Gasteiger partial charge in [0.1, 0.15) is 17.2 Å². The van der Waals surface area contributed by atoms with Crippen LogP contribution in [-0.2, 0) is 4.74 Å². The van der Waals surface area contributed by atoms with Gasteiger partial charge in [-0.15, -0.1) is 0 Å². The van der Waals surface area contributed by atoms with Crippen LogP contribution in [0.2, 0.25) is 0 Å². The van der Waals surface area contributed by atoms with E-state index in [4.69, 9.17) is 10.1 Å². The first-order valence-electron chi connectivity index (χ1n) is 10.6. The summed E-state index contributed by atoms with van der Waals surface area (Å²) in [7, 11) is 0. The maximum Gasteiger partial charge on any atom is 0.275 e. The van der Waals surface area contributed by atoms with Crippen molar-refractivity contribution in [2.24, 2.45) is 10.2 Å². The van der Waals surface area contributed by atoms with Crippen LogP contribution in [0.25, 0.3) is 0 Å². The summed E-state index contributed by atoms with van der Waals surface area (Å²) in [6.07, 6.45) is -1.20. The number of rotatable bonds is 6. The van der Waals surface area contributed by atoms with Crippen LogP contribution in [0.15, 0.2) is 83.0 Å². The number of phenolic OH excluding ortho intramolecular Hbond substituents is 2. The van der Waals surface area contributed by atoms with Gasteiger partial charge in [0.2, 0.25) is 5.90 Å². The number of nitrogens with one attached hydrogen (secondary N) is 3. The summed E-state index contributed by atoms with van der Waals surface area (Å²) in [6, 6.07) is 16.8. The summed E-state index contributed by atoms with van der Waals surface area (Å²) in [5, 5.41) is 47.2. The molecule has 13 heteroatoms. The van der Waals surface area contributed by atoms with Crippen LogP contribution in [0.1, 0.15) is 32.4 Å². The molecule has 0 saturated carbocycles. The van der Waals surface area contributed by atoms with Gasteiger partial charge in [0.25, 0.3) is 17.5 Å². The minimum atomic E-state index is -1.20. The number of nitro groups is 1. The second-order valence-corrected chi connectivity index (χ2v) is 7.55. The SMILES string of the molecule is N=C1O[C@H](c2cccc([N+](=O)[O-])c2)C(=N/NC(=O)c2ccccc2O)/C1=N\NC(=O)c1ccccc1O. The van der Waals surface area contributed by atoms with Crippen molar-refractivity contribution >= 4 is 34.8 Å². The van der Waals surface area contributed by atoms with Crippen LogP contribution in [0.3, 0.4) is 0 Å². The first kappa shape index (κ1) is 24.5. The Hall–Kier alpha value is -5.59. The number of carbonyl (C=O) groups is 2. The maximum absolute atomic E-state index is 12.6. The zero-order valence-electron chi connectivity index (χ0n) is 18.8. The number of hydrazone groups is 2. The van der Waals surface area contributed by atoms with E-state index in [-0.39, 0.29) is 45.3 Å². The van der Waals surface area contributed by atoms with Crippen molar-refractivity contribution in [2.75, 3.05) is 0 Å². The molecular weight excluding hydrogens is 484 g/mol. The molecule has 13 nitrogen and oxygen atoms in total. The summed E-state index contributed by atoms with van der Waals surface area (Å²) in [4.78, 5) is 35.7. The summed E-state index contributed by atoms with van der Waals surface area (Å²) in [5.74, 6) is -2.72. The largest absolute Gasteiger partial charge is 0.507 e. The number of hydrogen-bond acceptors (Lipinski definition) is 10. The second kappa shape index (κ2) is 10.4. The van der Waals surface area contributed by atoms with Crippen molar-refractivity contribution in [3.63, 3.8) is 0 Å². The van der Waals surface area contributed by atoms with Crippen LogP contribution in [0.4, 0.5) is 5.69 Å². The summed E-state index contributed by atoms with van der Waals surface area (Å²) in [5.41, 5.74) is 3.83. The number of nitro benzene ring substituents is 1. The quantitative estimate of drug-likeness (QED) is 0.252. The highest BCUT2D eigenvalue weighted by Gasteiger charge is 2.38. The average molecular weight is 502 g/mol. The lowest BCUT2D eigenvalue weighted by molar-refractivity contribution is -0.384. The number of nitrogens with zero attached hydrogens (tertiary/aromatic N) is 3. The smallest absolute Gasteiger partial charge is 0.275 e. The molecule has 1 aliphatic rings. The number of hydrogen-bond donors (Lipinski definition) is 5. The Morgan fingerprint density at radius 1 is 0.892 bits per heavy atom.